The molecule has 0 spiro atoms. The maximum absolute atomic E-state index is 12.4. The fourth-order valence-corrected chi connectivity index (χ4v) is 3.80. The molecule has 2 aromatic rings. The standard InChI is InChI=1S/C18H12ClN5O4S/c1-2-15-22-23-16(20)12(17(25)21-18(23)29-15)8-10-4-6-14(28-10)11-5-3-9(24(26)27)7-13(11)19/h3-8,20H,2H2,1H3/b12-8+,20-16?. The maximum atomic E-state index is 12.4. The van der Waals surface area contributed by atoms with Gasteiger partial charge in [-0.05, 0) is 42.5 Å². The van der Waals surface area contributed by atoms with Crippen molar-refractivity contribution in [1.82, 2.24) is 5.01 Å². The average Bonchev–Trinajstić information content (AvgIpc) is 3.31. The molecule has 0 fully saturated rings. The first kappa shape index (κ1) is 19.1. The van der Waals surface area contributed by atoms with Crippen LogP contribution in [0.3, 0.4) is 0 Å². The van der Waals surface area contributed by atoms with Crippen LogP contribution in [-0.2, 0) is 4.79 Å². The number of hydrazone groups is 1. The van der Waals surface area contributed by atoms with Gasteiger partial charge in [-0.15, -0.1) is 0 Å². The third-order valence-corrected chi connectivity index (χ3v) is 5.51. The molecule has 1 aromatic heterocycles. The molecule has 3 heterocycles. The molecule has 29 heavy (non-hydrogen) atoms. The number of carbonyl (C=O) groups is 1. The number of amidine groups is 2. The molecule has 0 unspecified atom stereocenters. The van der Waals surface area contributed by atoms with Crippen LogP contribution in [0.4, 0.5) is 5.69 Å². The molecule has 9 nitrogen and oxygen atoms in total. The summed E-state index contributed by atoms with van der Waals surface area (Å²) in [5.41, 5.74) is 0.393. The largest absolute Gasteiger partial charge is 0.457 e. The van der Waals surface area contributed by atoms with Crippen molar-refractivity contribution < 1.29 is 14.1 Å². The van der Waals surface area contributed by atoms with Crippen molar-refractivity contribution >= 4 is 57.1 Å². The summed E-state index contributed by atoms with van der Waals surface area (Å²) in [4.78, 5) is 26.7. The third-order valence-electron chi connectivity index (χ3n) is 4.14. The van der Waals surface area contributed by atoms with Crippen molar-refractivity contribution in [2.45, 2.75) is 13.3 Å². The fraction of sp³-hybridized carbons (Fsp3) is 0.111. The number of benzene rings is 1. The summed E-state index contributed by atoms with van der Waals surface area (Å²) in [7, 11) is 0. The second-order valence-electron chi connectivity index (χ2n) is 5.99. The molecular formula is C18H12ClN5O4S. The van der Waals surface area contributed by atoms with Crippen LogP contribution in [-0.4, -0.2) is 31.9 Å². The SMILES string of the molecule is CCC1=NN2C(=N)/C(=C\c3ccc(-c4ccc([N+](=O)[O-])cc4Cl)o3)C(=O)N=C2S1. The Labute approximate surface area is 173 Å². The number of amides is 1. The van der Waals surface area contributed by atoms with Gasteiger partial charge in [0.05, 0.1) is 15.5 Å². The minimum atomic E-state index is -0.548. The molecule has 4 rings (SSSR count). The lowest BCUT2D eigenvalue weighted by Gasteiger charge is -2.19. The normalized spacial score (nSPS) is 17.4. The molecule has 2 aliphatic heterocycles. The quantitative estimate of drug-likeness (QED) is 0.432. The molecule has 146 valence electrons. The van der Waals surface area contributed by atoms with Gasteiger partial charge < -0.3 is 4.42 Å². The monoisotopic (exact) mass is 429 g/mol. The van der Waals surface area contributed by atoms with Gasteiger partial charge in [0.15, 0.2) is 5.84 Å². The van der Waals surface area contributed by atoms with Gasteiger partial charge in [-0.25, -0.2) is 0 Å². The van der Waals surface area contributed by atoms with E-state index in [0.29, 0.717) is 28.7 Å². The lowest BCUT2D eigenvalue weighted by Crippen LogP contribution is -2.35. The summed E-state index contributed by atoms with van der Waals surface area (Å²) < 4.78 is 5.72. The first-order valence-corrected chi connectivity index (χ1v) is 9.60. The van der Waals surface area contributed by atoms with Crippen LogP contribution in [0.25, 0.3) is 17.4 Å². The second-order valence-corrected chi connectivity index (χ2v) is 7.44. The molecule has 0 saturated carbocycles. The highest BCUT2D eigenvalue weighted by molar-refractivity contribution is 8.26. The van der Waals surface area contributed by atoms with E-state index >= 15 is 0 Å². The highest BCUT2D eigenvalue weighted by Crippen LogP contribution is 2.33. The molecule has 0 radical (unpaired) electrons. The third kappa shape index (κ3) is 3.47. The van der Waals surface area contributed by atoms with Crippen molar-refractivity contribution in [3.63, 3.8) is 0 Å². The van der Waals surface area contributed by atoms with E-state index in [9.17, 15) is 14.9 Å². The van der Waals surface area contributed by atoms with Crippen LogP contribution in [0.15, 0.2) is 50.4 Å². The van der Waals surface area contributed by atoms with Crippen molar-refractivity contribution in [1.29, 1.82) is 5.41 Å². The van der Waals surface area contributed by atoms with Gasteiger partial charge in [0, 0.05) is 17.7 Å². The Morgan fingerprint density at radius 2 is 2.17 bits per heavy atom. The molecule has 11 heteroatoms. The van der Waals surface area contributed by atoms with E-state index in [1.54, 1.807) is 12.1 Å². The number of nitro groups is 1. The highest BCUT2D eigenvalue weighted by atomic mass is 35.5. The van der Waals surface area contributed by atoms with Crippen molar-refractivity contribution in [3.8, 4) is 11.3 Å². The number of fused-ring (bicyclic) bond motifs is 1. The molecule has 1 N–H and O–H groups in total. The molecule has 0 saturated heterocycles. The minimum Gasteiger partial charge on any atom is -0.457 e. The summed E-state index contributed by atoms with van der Waals surface area (Å²) >= 11 is 7.40. The molecule has 0 aliphatic carbocycles. The second kappa shape index (κ2) is 7.30. The predicted octanol–water partition coefficient (Wildman–Crippen LogP) is 4.54. The summed E-state index contributed by atoms with van der Waals surface area (Å²) in [6.45, 7) is 1.93. The zero-order chi connectivity index (χ0) is 20.7. The number of rotatable bonds is 4. The van der Waals surface area contributed by atoms with Gasteiger partial charge in [0.25, 0.3) is 11.6 Å². The van der Waals surface area contributed by atoms with E-state index in [4.69, 9.17) is 21.4 Å². The zero-order valence-corrected chi connectivity index (χ0v) is 16.5. The topological polar surface area (TPSA) is 125 Å². The predicted molar refractivity (Wildman–Crippen MR) is 111 cm³/mol. The number of thioether (sulfide) groups is 1. The van der Waals surface area contributed by atoms with Crippen LogP contribution < -0.4 is 0 Å². The Kier molecular flexibility index (Phi) is 4.81. The van der Waals surface area contributed by atoms with Crippen LogP contribution in [0.2, 0.25) is 5.02 Å². The summed E-state index contributed by atoms with van der Waals surface area (Å²) in [5, 5.41) is 26.1. The van der Waals surface area contributed by atoms with Crippen LogP contribution in [0.1, 0.15) is 19.1 Å². The van der Waals surface area contributed by atoms with Gasteiger partial charge in [0.1, 0.15) is 16.6 Å². The Hall–Kier alpha value is -3.24. The summed E-state index contributed by atoms with van der Waals surface area (Å²) in [6.07, 6.45) is 2.09. The number of non-ortho nitro benzene ring substituents is 1. The fourth-order valence-electron chi connectivity index (χ4n) is 2.71. The first-order valence-electron chi connectivity index (χ1n) is 8.40. The summed E-state index contributed by atoms with van der Waals surface area (Å²) in [6, 6.07) is 7.29. The Morgan fingerprint density at radius 1 is 1.38 bits per heavy atom. The Morgan fingerprint density at radius 3 is 2.86 bits per heavy atom. The van der Waals surface area contributed by atoms with Gasteiger partial charge in [-0.1, -0.05) is 18.5 Å². The Bertz CT molecular complexity index is 1170. The number of nitrogens with one attached hydrogen (secondary N) is 1. The molecule has 0 bridgehead atoms. The Balaban J connectivity index is 1.65. The average molecular weight is 430 g/mol. The van der Waals surface area contributed by atoms with Crippen molar-refractivity contribution in [2.24, 2.45) is 10.1 Å². The van der Waals surface area contributed by atoms with Gasteiger partial charge in [0.2, 0.25) is 5.17 Å². The lowest BCUT2D eigenvalue weighted by molar-refractivity contribution is -0.384. The molecule has 2 aliphatic rings. The number of hydrogen-bond donors (Lipinski definition) is 1. The van der Waals surface area contributed by atoms with Crippen molar-refractivity contribution in [3.05, 3.63) is 56.8 Å². The summed E-state index contributed by atoms with van der Waals surface area (Å²) in [5.74, 6) is 0.0568. The van der Waals surface area contributed by atoms with Gasteiger partial charge in [-0.2, -0.15) is 15.1 Å². The van der Waals surface area contributed by atoms with Crippen molar-refractivity contribution in [2.75, 3.05) is 0 Å². The van der Waals surface area contributed by atoms with Crippen LogP contribution in [0, 0.1) is 15.5 Å². The smallest absolute Gasteiger partial charge is 0.283 e. The number of hydrogen-bond acceptors (Lipinski definition) is 7. The molecule has 1 amide bonds. The number of furan rings is 1. The number of carbonyl (C=O) groups excluding carboxylic acids is 1. The van der Waals surface area contributed by atoms with E-state index in [1.165, 1.54) is 41.0 Å². The van der Waals surface area contributed by atoms with Crippen LogP contribution >= 0.6 is 23.4 Å². The van der Waals surface area contributed by atoms with E-state index in [0.717, 1.165) is 5.04 Å². The van der Waals surface area contributed by atoms with Gasteiger partial charge in [-0.3, -0.25) is 20.3 Å². The minimum absolute atomic E-state index is 0.0474. The van der Waals surface area contributed by atoms with E-state index in [-0.39, 0.29) is 22.1 Å². The van der Waals surface area contributed by atoms with E-state index in [1.807, 2.05) is 6.92 Å². The van der Waals surface area contributed by atoms with E-state index in [2.05, 4.69) is 10.1 Å². The zero-order valence-electron chi connectivity index (χ0n) is 14.9. The number of nitro benzene ring substituents is 1. The molecular weight excluding hydrogens is 418 g/mol. The molecule has 0 atom stereocenters. The molecule has 1 aromatic carbocycles. The van der Waals surface area contributed by atoms with Gasteiger partial charge >= 0.3 is 0 Å². The maximum Gasteiger partial charge on any atom is 0.283 e. The van der Waals surface area contributed by atoms with Crippen LogP contribution in [0.5, 0.6) is 0 Å². The van der Waals surface area contributed by atoms with E-state index < -0.39 is 10.8 Å². The lowest BCUT2D eigenvalue weighted by atomic mass is 10.1. The first-order chi connectivity index (χ1) is 13.9. The number of halogens is 1. The number of nitrogens with zero attached hydrogens (tertiary/aromatic N) is 4. The highest BCUT2D eigenvalue weighted by Gasteiger charge is 2.35. The number of aliphatic imine (C=N–C) groups is 1.